The number of nitrogens with zero attached hydrogens (tertiary/aromatic N) is 1. The number of anilines is 1. The third-order valence-corrected chi connectivity index (χ3v) is 2.95. The van der Waals surface area contributed by atoms with Crippen LogP contribution in [0, 0.1) is 6.92 Å². The van der Waals surface area contributed by atoms with Gasteiger partial charge < -0.3 is 5.32 Å². The average molecular weight is 275 g/mol. The van der Waals surface area contributed by atoms with E-state index in [2.05, 4.69) is 10.3 Å². The topological polar surface area (TPSA) is 42.0 Å². The fourth-order valence-electron chi connectivity index (χ4n) is 1.80. The van der Waals surface area contributed by atoms with Gasteiger partial charge in [0.05, 0.1) is 0 Å². The molecule has 0 spiro atoms. The number of carbonyl (C=O) groups is 1. The molecule has 0 saturated heterocycles. The number of nitrogens with one attached hydrogen (secondary N) is 1. The van der Waals surface area contributed by atoms with E-state index in [0.29, 0.717) is 17.9 Å². The number of hydrogen-bond donors (Lipinski definition) is 1. The van der Waals surface area contributed by atoms with Gasteiger partial charge in [-0.25, -0.2) is 0 Å². The van der Waals surface area contributed by atoms with Gasteiger partial charge in [-0.15, -0.1) is 0 Å². The van der Waals surface area contributed by atoms with Crippen molar-refractivity contribution < 1.29 is 4.79 Å². The minimum absolute atomic E-state index is 0.00873. The lowest BCUT2D eigenvalue weighted by Gasteiger charge is -2.06. The number of aromatic nitrogens is 1. The Morgan fingerprint density at radius 3 is 2.89 bits per heavy atom. The maximum atomic E-state index is 11.8. The first kappa shape index (κ1) is 13.6. The van der Waals surface area contributed by atoms with Crippen LogP contribution in [0.25, 0.3) is 0 Å². The molecule has 3 nitrogen and oxygen atoms in total. The Hall–Kier alpha value is -1.87. The summed E-state index contributed by atoms with van der Waals surface area (Å²) in [6.07, 6.45) is 2.79. The second-order valence-electron chi connectivity index (χ2n) is 4.36. The molecule has 1 heterocycles. The predicted octanol–water partition coefficient (Wildman–Crippen LogP) is 3.61. The lowest BCUT2D eigenvalue weighted by atomic mass is 10.1. The van der Waals surface area contributed by atoms with Crippen LogP contribution in [-0.4, -0.2) is 10.9 Å². The SMILES string of the molecule is Cc1cc(NC(=O)CCc2cccc(Cl)c2)ccn1. The third kappa shape index (κ3) is 4.38. The van der Waals surface area contributed by atoms with E-state index in [9.17, 15) is 4.79 Å². The average Bonchev–Trinajstić information content (AvgIpc) is 2.36. The second-order valence-corrected chi connectivity index (χ2v) is 4.80. The highest BCUT2D eigenvalue weighted by Crippen LogP contribution is 2.13. The van der Waals surface area contributed by atoms with Gasteiger partial charge in [0.25, 0.3) is 0 Å². The summed E-state index contributed by atoms with van der Waals surface area (Å²) in [6, 6.07) is 11.2. The lowest BCUT2D eigenvalue weighted by molar-refractivity contribution is -0.116. The van der Waals surface area contributed by atoms with Crippen molar-refractivity contribution in [3.05, 3.63) is 58.9 Å². The molecule has 1 aromatic heterocycles. The van der Waals surface area contributed by atoms with Gasteiger partial charge >= 0.3 is 0 Å². The van der Waals surface area contributed by atoms with E-state index in [1.165, 1.54) is 0 Å². The van der Waals surface area contributed by atoms with Gasteiger partial charge in [-0.2, -0.15) is 0 Å². The number of pyridine rings is 1. The Labute approximate surface area is 117 Å². The van der Waals surface area contributed by atoms with Crippen molar-refractivity contribution in [2.24, 2.45) is 0 Å². The zero-order chi connectivity index (χ0) is 13.7. The largest absolute Gasteiger partial charge is 0.326 e. The molecular formula is C15H15ClN2O. The fraction of sp³-hybridized carbons (Fsp3) is 0.200. The summed E-state index contributed by atoms with van der Waals surface area (Å²) >= 11 is 5.90. The molecule has 0 aliphatic rings. The van der Waals surface area contributed by atoms with Crippen LogP contribution < -0.4 is 5.32 Å². The first-order chi connectivity index (χ1) is 9.13. The van der Waals surface area contributed by atoms with Crippen LogP contribution >= 0.6 is 11.6 Å². The van der Waals surface area contributed by atoms with Crippen LogP contribution in [0.5, 0.6) is 0 Å². The Balaban J connectivity index is 1.88. The van der Waals surface area contributed by atoms with Gasteiger partial charge in [0.1, 0.15) is 0 Å². The molecule has 0 fully saturated rings. The van der Waals surface area contributed by atoms with Gasteiger partial charge in [0.15, 0.2) is 0 Å². The molecule has 0 aliphatic carbocycles. The molecule has 2 rings (SSSR count). The smallest absolute Gasteiger partial charge is 0.224 e. The summed E-state index contributed by atoms with van der Waals surface area (Å²) in [4.78, 5) is 15.9. The van der Waals surface area contributed by atoms with Crippen molar-refractivity contribution in [3.8, 4) is 0 Å². The van der Waals surface area contributed by atoms with E-state index in [1.807, 2.05) is 37.3 Å². The normalized spacial score (nSPS) is 10.2. The first-order valence-electron chi connectivity index (χ1n) is 6.10. The summed E-state index contributed by atoms with van der Waals surface area (Å²) in [5.74, 6) is -0.00873. The van der Waals surface area contributed by atoms with Gasteiger partial charge in [-0.1, -0.05) is 23.7 Å². The van der Waals surface area contributed by atoms with Crippen LogP contribution in [-0.2, 0) is 11.2 Å². The van der Waals surface area contributed by atoms with Crippen molar-refractivity contribution in [2.75, 3.05) is 5.32 Å². The van der Waals surface area contributed by atoms with Crippen LogP contribution in [0.4, 0.5) is 5.69 Å². The summed E-state index contributed by atoms with van der Waals surface area (Å²) in [6.45, 7) is 1.89. The van der Waals surface area contributed by atoms with E-state index in [0.717, 1.165) is 16.9 Å². The van der Waals surface area contributed by atoms with Crippen molar-refractivity contribution in [2.45, 2.75) is 19.8 Å². The van der Waals surface area contributed by atoms with Crippen molar-refractivity contribution >= 4 is 23.2 Å². The van der Waals surface area contributed by atoms with E-state index in [-0.39, 0.29) is 5.91 Å². The van der Waals surface area contributed by atoms with E-state index >= 15 is 0 Å². The molecule has 0 saturated carbocycles. The fourth-order valence-corrected chi connectivity index (χ4v) is 2.01. The number of benzene rings is 1. The van der Waals surface area contributed by atoms with E-state index in [4.69, 9.17) is 11.6 Å². The number of halogens is 1. The van der Waals surface area contributed by atoms with Crippen LogP contribution in [0.1, 0.15) is 17.7 Å². The highest BCUT2D eigenvalue weighted by Gasteiger charge is 2.04. The van der Waals surface area contributed by atoms with Crippen molar-refractivity contribution in [1.82, 2.24) is 4.98 Å². The standard InChI is InChI=1S/C15H15ClN2O/c1-11-9-14(7-8-17-11)18-15(19)6-5-12-3-2-4-13(16)10-12/h2-4,7-10H,5-6H2,1H3,(H,17,18,19). The van der Waals surface area contributed by atoms with Crippen LogP contribution in [0.3, 0.4) is 0 Å². The van der Waals surface area contributed by atoms with Gasteiger partial charge in [-0.05, 0) is 43.2 Å². The molecule has 1 aromatic carbocycles. The minimum Gasteiger partial charge on any atom is -0.326 e. The predicted molar refractivity (Wildman–Crippen MR) is 77.4 cm³/mol. The molecule has 0 bridgehead atoms. The number of hydrogen-bond acceptors (Lipinski definition) is 2. The number of rotatable bonds is 4. The number of amides is 1. The molecule has 0 atom stereocenters. The Morgan fingerprint density at radius 2 is 2.16 bits per heavy atom. The lowest BCUT2D eigenvalue weighted by Crippen LogP contribution is -2.12. The monoisotopic (exact) mass is 274 g/mol. The number of aryl methyl sites for hydroxylation is 2. The van der Waals surface area contributed by atoms with E-state index < -0.39 is 0 Å². The quantitative estimate of drug-likeness (QED) is 0.925. The highest BCUT2D eigenvalue weighted by molar-refractivity contribution is 6.30. The van der Waals surface area contributed by atoms with Gasteiger partial charge in [0, 0.05) is 29.0 Å². The van der Waals surface area contributed by atoms with Gasteiger partial charge in [0.2, 0.25) is 5.91 Å². The zero-order valence-corrected chi connectivity index (χ0v) is 11.4. The highest BCUT2D eigenvalue weighted by atomic mass is 35.5. The second kappa shape index (κ2) is 6.34. The maximum Gasteiger partial charge on any atom is 0.224 e. The molecule has 98 valence electrons. The minimum atomic E-state index is -0.00873. The maximum absolute atomic E-state index is 11.8. The third-order valence-electron chi connectivity index (χ3n) is 2.71. The molecular weight excluding hydrogens is 260 g/mol. The Kier molecular flexibility index (Phi) is 4.53. The summed E-state index contributed by atoms with van der Waals surface area (Å²) in [5.41, 5.74) is 2.73. The Bertz CT molecular complexity index is 584. The number of carbonyl (C=O) groups excluding carboxylic acids is 1. The van der Waals surface area contributed by atoms with Crippen LogP contribution in [0.2, 0.25) is 5.02 Å². The van der Waals surface area contributed by atoms with Crippen molar-refractivity contribution in [1.29, 1.82) is 0 Å². The molecule has 4 heteroatoms. The molecule has 0 unspecified atom stereocenters. The summed E-state index contributed by atoms with van der Waals surface area (Å²) < 4.78 is 0. The molecule has 0 aliphatic heterocycles. The first-order valence-corrected chi connectivity index (χ1v) is 6.48. The Morgan fingerprint density at radius 1 is 1.32 bits per heavy atom. The molecule has 2 aromatic rings. The van der Waals surface area contributed by atoms with Gasteiger partial charge in [-0.3, -0.25) is 9.78 Å². The molecule has 1 N–H and O–H groups in total. The van der Waals surface area contributed by atoms with Crippen molar-refractivity contribution in [3.63, 3.8) is 0 Å². The summed E-state index contributed by atoms with van der Waals surface area (Å²) in [5, 5.41) is 3.55. The summed E-state index contributed by atoms with van der Waals surface area (Å²) in [7, 11) is 0. The van der Waals surface area contributed by atoms with E-state index in [1.54, 1.807) is 12.3 Å². The molecule has 19 heavy (non-hydrogen) atoms. The zero-order valence-electron chi connectivity index (χ0n) is 10.7. The van der Waals surface area contributed by atoms with Crippen LogP contribution in [0.15, 0.2) is 42.6 Å². The molecule has 0 radical (unpaired) electrons. The molecule has 1 amide bonds.